The molecule has 0 spiro atoms. The molecule has 0 amide bonds. The van der Waals surface area contributed by atoms with Crippen molar-refractivity contribution >= 4 is 5.97 Å². The molecule has 5 aliphatic carbocycles. The first-order valence-electron chi connectivity index (χ1n) is 26.7. The Morgan fingerprint density at radius 1 is 0.622 bits per heavy atom. The van der Waals surface area contributed by atoms with Crippen LogP contribution in [-0.2, 0) is 42.7 Å². The fourth-order valence-corrected chi connectivity index (χ4v) is 16.1. The second kappa shape index (κ2) is 20.2. The number of carbonyl (C=O) groups is 1. The van der Waals surface area contributed by atoms with E-state index in [0.29, 0.717) is 25.7 Å². The zero-order valence-corrected chi connectivity index (χ0v) is 43.7. The lowest BCUT2D eigenvalue weighted by atomic mass is 9.33. The number of carboxylic acid groups (broad SMARTS) is 1. The van der Waals surface area contributed by atoms with Crippen LogP contribution in [0.25, 0.3) is 0 Å². The van der Waals surface area contributed by atoms with Gasteiger partial charge in [0.05, 0.1) is 44.2 Å². The third kappa shape index (κ3) is 8.88. The van der Waals surface area contributed by atoms with Crippen LogP contribution in [0.1, 0.15) is 107 Å². The highest BCUT2D eigenvalue weighted by Crippen LogP contribution is 2.76. The quantitative estimate of drug-likeness (QED) is 0.0901. The Kier molecular flexibility index (Phi) is 15.6. The van der Waals surface area contributed by atoms with Gasteiger partial charge < -0.3 is 104 Å². The molecular weight excluding hydrogens is 977 g/mol. The van der Waals surface area contributed by atoms with Gasteiger partial charge in [0.2, 0.25) is 0 Å². The largest absolute Gasteiger partial charge is 0.479 e. The summed E-state index contributed by atoms with van der Waals surface area (Å²) in [5.41, 5.74) is -1.76. The van der Waals surface area contributed by atoms with Gasteiger partial charge in [-0.3, -0.25) is 0 Å². The highest BCUT2D eigenvalue weighted by atomic mass is 16.8. The molecule has 0 aromatic carbocycles. The fourth-order valence-electron chi connectivity index (χ4n) is 16.1. The van der Waals surface area contributed by atoms with Gasteiger partial charge in [-0.15, -0.1) is 0 Å². The average molecular weight is 1060 g/mol. The van der Waals surface area contributed by atoms with Crippen molar-refractivity contribution in [3.05, 3.63) is 11.6 Å². The highest BCUT2D eigenvalue weighted by molar-refractivity contribution is 5.73. The summed E-state index contributed by atoms with van der Waals surface area (Å²) in [5, 5.41) is 141. The molecule has 4 heterocycles. The molecule has 4 saturated carbocycles. The van der Waals surface area contributed by atoms with Crippen LogP contribution in [-0.4, -0.2) is 221 Å². The van der Waals surface area contributed by atoms with Crippen molar-refractivity contribution in [2.45, 2.75) is 236 Å². The van der Waals surface area contributed by atoms with E-state index in [1.165, 1.54) is 12.5 Å². The van der Waals surface area contributed by atoms with E-state index in [4.69, 9.17) is 37.9 Å². The van der Waals surface area contributed by atoms with E-state index >= 15 is 0 Å². The summed E-state index contributed by atoms with van der Waals surface area (Å²) < 4.78 is 48.5. The number of carboxylic acids is 1. The Labute approximate surface area is 431 Å². The number of hydrogen-bond donors (Lipinski definition) is 13. The maximum absolute atomic E-state index is 12.5. The van der Waals surface area contributed by atoms with Crippen molar-refractivity contribution in [3.8, 4) is 0 Å². The van der Waals surface area contributed by atoms with E-state index in [-0.39, 0.29) is 47.2 Å². The first-order valence-corrected chi connectivity index (χ1v) is 26.7. The minimum atomic E-state index is -2.02. The van der Waals surface area contributed by atoms with Crippen molar-refractivity contribution in [1.29, 1.82) is 0 Å². The second-order valence-corrected chi connectivity index (χ2v) is 25.5. The van der Waals surface area contributed by atoms with Gasteiger partial charge in [-0.2, -0.15) is 0 Å². The minimum Gasteiger partial charge on any atom is -0.479 e. The number of ether oxygens (including phenoxy) is 8. The van der Waals surface area contributed by atoms with E-state index in [1.54, 1.807) is 0 Å². The van der Waals surface area contributed by atoms with Crippen LogP contribution in [0.2, 0.25) is 0 Å². The summed E-state index contributed by atoms with van der Waals surface area (Å²) in [6.45, 7) is 15.7. The van der Waals surface area contributed by atoms with Crippen molar-refractivity contribution in [2.75, 3.05) is 19.8 Å². The molecule has 22 heteroatoms. The average Bonchev–Trinajstić information content (AvgIpc) is 3.34. The smallest absolute Gasteiger partial charge is 0.335 e. The summed E-state index contributed by atoms with van der Waals surface area (Å²) in [4.78, 5) is 12.5. The lowest BCUT2D eigenvalue weighted by Crippen LogP contribution is -2.69. The van der Waals surface area contributed by atoms with E-state index in [2.05, 4.69) is 47.6 Å². The summed E-state index contributed by atoms with van der Waals surface area (Å²) in [5.74, 6) is -1.45. The molecular formula is C52H84O22. The molecule has 4 aliphatic heterocycles. The summed E-state index contributed by atoms with van der Waals surface area (Å²) >= 11 is 0. The van der Waals surface area contributed by atoms with E-state index in [0.717, 1.165) is 25.7 Å². The van der Waals surface area contributed by atoms with Crippen LogP contribution < -0.4 is 0 Å². The minimum absolute atomic E-state index is 0.0540. The third-order valence-electron chi connectivity index (χ3n) is 21.1. The van der Waals surface area contributed by atoms with Gasteiger partial charge in [0, 0.05) is 10.8 Å². The SMILES string of the molecule is C[C@@H]1O[C@H](O[C@@H]2[C@@H](O[C@@H]3[C@@H](O[C@H]4CC[C@]5(C)[C@H](CC[C@@]6(C)[C@H]5CC=C5[C@H]7C[C@](C)(CO)[C@@H](O)[C@@H](O[C@H]8OC[C@H](O)[C@H](O)[C@H]8O)[C@@]7(C)CC[C@@]56C)C4(C)C)O[C@H](C(=O)O)[C@H](O)[C@H]3O)OC[C@@H](O)[C@H]2O)[C@H](O)[C@H](O)[C@H]1O. The van der Waals surface area contributed by atoms with Gasteiger partial charge in [0.15, 0.2) is 31.3 Å². The number of fused-ring (bicyclic) bond motifs is 7. The summed E-state index contributed by atoms with van der Waals surface area (Å²) in [6.07, 6.45) is -24.0. The molecule has 74 heavy (non-hydrogen) atoms. The normalized spacial score (nSPS) is 56.5. The van der Waals surface area contributed by atoms with Gasteiger partial charge in [0.1, 0.15) is 73.2 Å². The number of aliphatic carboxylic acids is 1. The Balaban J connectivity index is 0.966. The van der Waals surface area contributed by atoms with Crippen LogP contribution in [0, 0.1) is 50.2 Å². The molecule has 9 rings (SSSR count). The van der Waals surface area contributed by atoms with Crippen molar-refractivity contribution in [3.63, 3.8) is 0 Å². The number of aliphatic hydroxyl groups is 12. The van der Waals surface area contributed by atoms with Crippen molar-refractivity contribution < 1.29 is 109 Å². The van der Waals surface area contributed by atoms with Crippen LogP contribution in [0.3, 0.4) is 0 Å². The predicted octanol–water partition coefficient (Wildman–Crippen LogP) is -1.22. The van der Waals surface area contributed by atoms with Gasteiger partial charge in [0.25, 0.3) is 0 Å². The standard InChI is InChI=1S/C52H84O22/c1-21-29(56)32(59)36(63)44(69-21)72-38-31(58)25(55)19-68-45(38)73-39-34(61)33(60)37(42(65)66)71-46(39)70-28-12-13-50(6)26(47(28,2)3)11-14-52(8)27(50)10-9-22-23-17-48(4,20-53)40(64)41(49(23,5)15-16-51(22,52)7)74-43-35(62)30(57)24(54)18-67-43/h9,21,23-41,43-46,53-64H,10-20H2,1-8H3,(H,65,66)/t21-,23+,24-,25+,26+,27-,28-,29-,30-,31+,32+,33+,34+,35+,36+,37-,38-,39-,40-,41+,43+,44+,45+,46-,48+,49-,50+,51-,52-/m0/s1. The highest BCUT2D eigenvalue weighted by Gasteiger charge is 2.71. The molecule has 0 bridgehead atoms. The van der Waals surface area contributed by atoms with Crippen LogP contribution in [0.15, 0.2) is 11.6 Å². The molecule has 4 saturated heterocycles. The lowest BCUT2D eigenvalue weighted by Gasteiger charge is -2.72. The first kappa shape index (κ1) is 57.1. The number of allylic oxidation sites excluding steroid dienone is 2. The molecule has 0 unspecified atom stereocenters. The first-order chi connectivity index (χ1) is 34.5. The number of rotatable bonds is 10. The zero-order chi connectivity index (χ0) is 54.2. The monoisotopic (exact) mass is 1060 g/mol. The van der Waals surface area contributed by atoms with E-state index in [9.17, 15) is 71.2 Å². The molecule has 424 valence electrons. The van der Waals surface area contributed by atoms with Crippen molar-refractivity contribution in [1.82, 2.24) is 0 Å². The summed E-state index contributed by atoms with van der Waals surface area (Å²) in [6, 6.07) is 0. The molecule has 22 nitrogen and oxygen atoms in total. The fraction of sp³-hybridized carbons (Fsp3) is 0.942. The summed E-state index contributed by atoms with van der Waals surface area (Å²) in [7, 11) is 0. The Hall–Kier alpha value is -1.59. The van der Waals surface area contributed by atoms with Crippen molar-refractivity contribution in [2.24, 2.45) is 50.2 Å². The molecule has 0 aromatic rings. The Bertz CT molecular complexity index is 2060. The predicted molar refractivity (Wildman–Crippen MR) is 253 cm³/mol. The molecule has 0 radical (unpaired) electrons. The molecule has 9 aliphatic rings. The van der Waals surface area contributed by atoms with Gasteiger partial charge in [-0.25, -0.2) is 4.79 Å². The maximum Gasteiger partial charge on any atom is 0.335 e. The molecule has 29 atom stereocenters. The van der Waals surface area contributed by atoms with Crippen LogP contribution in [0.5, 0.6) is 0 Å². The van der Waals surface area contributed by atoms with Gasteiger partial charge in [-0.05, 0) is 97.7 Å². The third-order valence-corrected chi connectivity index (χ3v) is 21.1. The topological polar surface area (TPSA) is 354 Å². The zero-order valence-electron chi connectivity index (χ0n) is 43.7. The van der Waals surface area contributed by atoms with Crippen LogP contribution in [0.4, 0.5) is 0 Å². The Morgan fingerprint density at radius 3 is 1.91 bits per heavy atom. The second-order valence-electron chi connectivity index (χ2n) is 25.5. The lowest BCUT2D eigenvalue weighted by molar-refractivity contribution is -0.386. The molecule has 13 N–H and O–H groups in total. The number of aliphatic hydroxyl groups excluding tert-OH is 12. The van der Waals surface area contributed by atoms with Gasteiger partial charge >= 0.3 is 5.97 Å². The van der Waals surface area contributed by atoms with Gasteiger partial charge in [-0.1, -0.05) is 60.1 Å². The Morgan fingerprint density at radius 2 is 1.24 bits per heavy atom. The maximum atomic E-state index is 12.5. The molecule has 8 fully saturated rings. The number of hydrogen-bond acceptors (Lipinski definition) is 21. The van der Waals surface area contributed by atoms with Crippen LogP contribution >= 0.6 is 0 Å². The van der Waals surface area contributed by atoms with E-state index < -0.39 is 158 Å². The van der Waals surface area contributed by atoms with E-state index in [1.807, 2.05) is 6.92 Å². The molecule has 0 aromatic heterocycles.